The Morgan fingerprint density at radius 1 is 1.50 bits per heavy atom. The molecule has 0 spiro atoms. The van der Waals surface area contributed by atoms with Crippen molar-refractivity contribution in [3.05, 3.63) is 29.3 Å². The van der Waals surface area contributed by atoms with E-state index in [4.69, 9.17) is 4.74 Å². The van der Waals surface area contributed by atoms with Gasteiger partial charge in [-0.05, 0) is 56.4 Å². The van der Waals surface area contributed by atoms with E-state index in [-0.39, 0.29) is 17.7 Å². The zero-order valence-corrected chi connectivity index (χ0v) is 12.4. The number of aromatic hydroxyl groups is 1. The van der Waals surface area contributed by atoms with Crippen LogP contribution in [0.4, 0.5) is 0 Å². The monoisotopic (exact) mass is 277 g/mol. The zero-order chi connectivity index (χ0) is 14.7. The van der Waals surface area contributed by atoms with E-state index < -0.39 is 0 Å². The summed E-state index contributed by atoms with van der Waals surface area (Å²) in [5.74, 6) is 0.838. The van der Waals surface area contributed by atoms with E-state index in [9.17, 15) is 9.90 Å². The van der Waals surface area contributed by atoms with Crippen LogP contribution in [-0.4, -0.2) is 42.2 Å². The number of aryl methyl sites for hydroxylation is 1. The predicted octanol–water partition coefficient (Wildman–Crippen LogP) is 2.59. The van der Waals surface area contributed by atoms with Gasteiger partial charge in [-0.25, -0.2) is 0 Å². The van der Waals surface area contributed by atoms with Crippen LogP contribution in [0.1, 0.15) is 35.7 Å². The second-order valence-corrected chi connectivity index (χ2v) is 5.57. The van der Waals surface area contributed by atoms with Crippen molar-refractivity contribution >= 4 is 5.91 Å². The second kappa shape index (κ2) is 6.27. The molecule has 4 nitrogen and oxygen atoms in total. The molecule has 1 amide bonds. The Hall–Kier alpha value is -1.55. The number of hydrogen-bond donors (Lipinski definition) is 1. The maximum absolute atomic E-state index is 12.7. The van der Waals surface area contributed by atoms with Crippen LogP contribution in [0.2, 0.25) is 0 Å². The number of phenols is 1. The van der Waals surface area contributed by atoms with Crippen LogP contribution in [-0.2, 0) is 4.74 Å². The first-order valence-corrected chi connectivity index (χ1v) is 7.14. The third-order valence-corrected chi connectivity index (χ3v) is 4.03. The van der Waals surface area contributed by atoms with Gasteiger partial charge in [0.1, 0.15) is 5.75 Å². The zero-order valence-electron chi connectivity index (χ0n) is 12.4. The minimum atomic E-state index is 0.0268. The molecule has 0 aromatic heterocycles. The molecule has 0 heterocycles. The quantitative estimate of drug-likeness (QED) is 0.869. The van der Waals surface area contributed by atoms with E-state index in [1.54, 1.807) is 25.3 Å². The lowest BCUT2D eigenvalue weighted by atomic mass is 10.1. The molecule has 1 unspecified atom stereocenters. The molecule has 0 radical (unpaired) electrons. The van der Waals surface area contributed by atoms with Gasteiger partial charge in [-0.15, -0.1) is 0 Å². The molecule has 0 bridgehead atoms. The molecule has 1 aliphatic rings. The van der Waals surface area contributed by atoms with Crippen molar-refractivity contribution in [2.24, 2.45) is 5.92 Å². The van der Waals surface area contributed by atoms with E-state index in [0.29, 0.717) is 24.6 Å². The number of carbonyl (C=O) groups is 1. The third-order valence-electron chi connectivity index (χ3n) is 4.03. The Labute approximate surface area is 120 Å². The molecule has 0 saturated heterocycles. The summed E-state index contributed by atoms with van der Waals surface area (Å²) in [5, 5.41) is 9.46. The van der Waals surface area contributed by atoms with Crippen LogP contribution < -0.4 is 0 Å². The minimum absolute atomic E-state index is 0.0268. The number of benzene rings is 1. The molecule has 1 fully saturated rings. The second-order valence-electron chi connectivity index (χ2n) is 5.57. The van der Waals surface area contributed by atoms with Crippen LogP contribution in [0.3, 0.4) is 0 Å². The number of phenolic OH excluding ortho intramolecular Hbond substituents is 1. The number of nitrogens with zero attached hydrogens (tertiary/aromatic N) is 1. The molecule has 1 saturated carbocycles. The van der Waals surface area contributed by atoms with Gasteiger partial charge in [0.05, 0.1) is 6.61 Å². The summed E-state index contributed by atoms with van der Waals surface area (Å²) in [7, 11) is 1.65. The largest absolute Gasteiger partial charge is 0.508 e. The Morgan fingerprint density at radius 2 is 2.20 bits per heavy atom. The van der Waals surface area contributed by atoms with E-state index in [1.807, 2.05) is 11.8 Å². The van der Waals surface area contributed by atoms with Gasteiger partial charge in [0.15, 0.2) is 0 Å². The Kier molecular flexibility index (Phi) is 4.65. The molecule has 110 valence electrons. The molecular weight excluding hydrogens is 254 g/mol. The van der Waals surface area contributed by atoms with Gasteiger partial charge in [-0.2, -0.15) is 0 Å². The molecule has 2 rings (SSSR count). The Morgan fingerprint density at radius 3 is 2.75 bits per heavy atom. The summed E-state index contributed by atoms with van der Waals surface area (Å²) < 4.78 is 5.12. The van der Waals surface area contributed by atoms with Gasteiger partial charge in [0.25, 0.3) is 5.91 Å². The number of methoxy groups -OCH3 is 1. The number of rotatable bonds is 6. The first-order valence-electron chi connectivity index (χ1n) is 7.14. The van der Waals surface area contributed by atoms with Gasteiger partial charge in [0, 0.05) is 25.3 Å². The van der Waals surface area contributed by atoms with Crippen LogP contribution in [0.25, 0.3) is 0 Å². The fourth-order valence-electron chi connectivity index (χ4n) is 2.56. The highest BCUT2D eigenvalue weighted by Gasteiger charge is 2.34. The number of carbonyl (C=O) groups excluding carboxylic acids is 1. The van der Waals surface area contributed by atoms with Crippen molar-refractivity contribution in [3.8, 4) is 5.75 Å². The van der Waals surface area contributed by atoms with Gasteiger partial charge in [0.2, 0.25) is 0 Å². The average Bonchev–Trinajstić information content (AvgIpc) is 3.22. The highest BCUT2D eigenvalue weighted by Crippen LogP contribution is 2.35. The molecule has 1 N–H and O–H groups in total. The SMILES string of the molecule is COCCN(C(=O)c1ccc(O)cc1C)C(C)C1CC1. The fourth-order valence-corrected chi connectivity index (χ4v) is 2.56. The molecule has 1 atom stereocenters. The Bertz CT molecular complexity index is 483. The van der Waals surface area contributed by atoms with Crippen LogP contribution in [0, 0.1) is 12.8 Å². The number of hydrogen-bond acceptors (Lipinski definition) is 3. The minimum Gasteiger partial charge on any atom is -0.508 e. The summed E-state index contributed by atoms with van der Waals surface area (Å²) >= 11 is 0. The van der Waals surface area contributed by atoms with Crippen molar-refractivity contribution < 1.29 is 14.6 Å². The predicted molar refractivity (Wildman–Crippen MR) is 77.9 cm³/mol. The molecular formula is C16H23NO3. The molecule has 1 aromatic carbocycles. The molecule has 0 aliphatic heterocycles. The molecule has 20 heavy (non-hydrogen) atoms. The first-order chi connectivity index (χ1) is 9.54. The van der Waals surface area contributed by atoms with Crippen molar-refractivity contribution in [2.75, 3.05) is 20.3 Å². The lowest BCUT2D eigenvalue weighted by Gasteiger charge is -2.30. The summed E-state index contributed by atoms with van der Waals surface area (Å²) in [6.07, 6.45) is 2.40. The molecule has 1 aliphatic carbocycles. The Balaban J connectivity index is 2.20. The van der Waals surface area contributed by atoms with Crippen LogP contribution in [0.15, 0.2) is 18.2 Å². The third kappa shape index (κ3) is 3.31. The highest BCUT2D eigenvalue weighted by atomic mass is 16.5. The van der Waals surface area contributed by atoms with Crippen molar-refractivity contribution in [3.63, 3.8) is 0 Å². The number of amides is 1. The fraction of sp³-hybridized carbons (Fsp3) is 0.562. The maximum Gasteiger partial charge on any atom is 0.254 e. The summed E-state index contributed by atoms with van der Waals surface area (Å²) in [4.78, 5) is 14.6. The lowest BCUT2D eigenvalue weighted by Crippen LogP contribution is -2.42. The van der Waals surface area contributed by atoms with E-state index in [2.05, 4.69) is 6.92 Å². The first kappa shape index (κ1) is 14.9. The summed E-state index contributed by atoms with van der Waals surface area (Å²) in [6, 6.07) is 5.14. The van der Waals surface area contributed by atoms with Crippen molar-refractivity contribution in [1.29, 1.82) is 0 Å². The van der Waals surface area contributed by atoms with Gasteiger partial charge in [-0.3, -0.25) is 4.79 Å². The maximum atomic E-state index is 12.7. The normalized spacial score (nSPS) is 15.9. The standard InChI is InChI=1S/C16H23NO3/c1-11-10-14(18)6-7-15(11)16(19)17(8-9-20-3)12(2)13-4-5-13/h6-7,10,12-13,18H,4-5,8-9H2,1-3H3. The lowest BCUT2D eigenvalue weighted by molar-refractivity contribution is 0.0594. The molecule has 1 aromatic rings. The van der Waals surface area contributed by atoms with E-state index in [1.165, 1.54) is 12.8 Å². The summed E-state index contributed by atoms with van der Waals surface area (Å²) in [5.41, 5.74) is 1.46. The van der Waals surface area contributed by atoms with Gasteiger partial charge in [-0.1, -0.05) is 0 Å². The van der Waals surface area contributed by atoms with Crippen molar-refractivity contribution in [1.82, 2.24) is 4.90 Å². The highest BCUT2D eigenvalue weighted by molar-refractivity contribution is 5.96. The molecule has 4 heteroatoms. The average molecular weight is 277 g/mol. The number of ether oxygens (including phenoxy) is 1. The van der Waals surface area contributed by atoms with E-state index in [0.717, 1.165) is 5.56 Å². The smallest absolute Gasteiger partial charge is 0.254 e. The van der Waals surface area contributed by atoms with Gasteiger partial charge < -0.3 is 14.7 Å². The van der Waals surface area contributed by atoms with Crippen molar-refractivity contribution in [2.45, 2.75) is 32.7 Å². The topological polar surface area (TPSA) is 49.8 Å². The van der Waals surface area contributed by atoms with Crippen LogP contribution >= 0.6 is 0 Å². The summed E-state index contributed by atoms with van der Waals surface area (Å²) in [6.45, 7) is 5.11. The van der Waals surface area contributed by atoms with Crippen LogP contribution in [0.5, 0.6) is 5.75 Å². The van der Waals surface area contributed by atoms with Gasteiger partial charge >= 0.3 is 0 Å². The van der Waals surface area contributed by atoms with E-state index >= 15 is 0 Å².